The smallest absolute Gasteiger partial charge is 0.428 e. The fourth-order valence-electron chi connectivity index (χ4n) is 1.08. The zero-order valence-electron chi connectivity index (χ0n) is 11.3. The van der Waals surface area contributed by atoms with Crippen molar-refractivity contribution < 1.29 is 49.8 Å². The molecule has 11 heteroatoms. The molecule has 1 atom stereocenters. The second-order valence-electron chi connectivity index (χ2n) is 4.36. The minimum Gasteiger partial charge on any atom is -0.502 e. The monoisotopic (exact) mass is 344 g/mol. The molecule has 0 amide bonds. The fraction of sp³-hybridized carbons (Fsp3) is 0.727. The van der Waals surface area contributed by atoms with Crippen molar-refractivity contribution in [1.29, 1.82) is 0 Å². The van der Waals surface area contributed by atoms with Gasteiger partial charge in [-0.2, -0.15) is 30.7 Å². The molecule has 0 saturated heterocycles. The van der Waals surface area contributed by atoms with Crippen LogP contribution in [0.2, 0.25) is 0 Å². The summed E-state index contributed by atoms with van der Waals surface area (Å²) in [6, 6.07) is 0. The summed E-state index contributed by atoms with van der Waals surface area (Å²) >= 11 is 0. The molecular formula is C11H12F8O3. The maximum absolute atomic E-state index is 13.2. The third-order valence-corrected chi connectivity index (χ3v) is 2.51. The Hall–Kier alpha value is -1.55. The molecular weight excluding hydrogens is 332 g/mol. The van der Waals surface area contributed by atoms with Crippen molar-refractivity contribution in [3.63, 3.8) is 0 Å². The van der Waals surface area contributed by atoms with Gasteiger partial charge in [-0.1, -0.05) is 6.92 Å². The molecule has 0 heterocycles. The summed E-state index contributed by atoms with van der Waals surface area (Å²) in [4.78, 5) is 10.9. The topological polar surface area (TPSA) is 46.5 Å². The number of hydrogen-bond donors (Lipinski definition) is 1. The Balaban J connectivity index is 5.58. The highest BCUT2D eigenvalue weighted by Crippen LogP contribution is 2.52. The SMILES string of the molecule is CCCOC(=O)C(O)=CC(F)(F)C(F)(F)C(C)(F)C(F)(F)F. The minimum atomic E-state index is -6.31. The van der Waals surface area contributed by atoms with Crippen LogP contribution in [-0.2, 0) is 9.53 Å². The fourth-order valence-corrected chi connectivity index (χ4v) is 1.08. The van der Waals surface area contributed by atoms with E-state index in [2.05, 4.69) is 4.74 Å². The van der Waals surface area contributed by atoms with Crippen molar-refractivity contribution in [2.24, 2.45) is 0 Å². The number of ether oxygens (including phenoxy) is 1. The van der Waals surface area contributed by atoms with Crippen molar-refractivity contribution in [1.82, 2.24) is 0 Å². The molecule has 3 nitrogen and oxygen atoms in total. The molecule has 0 aliphatic rings. The number of aliphatic hydroxyl groups excluding tert-OH is 1. The molecule has 0 aliphatic carbocycles. The van der Waals surface area contributed by atoms with Crippen LogP contribution in [0.4, 0.5) is 35.1 Å². The van der Waals surface area contributed by atoms with Crippen molar-refractivity contribution >= 4 is 5.97 Å². The highest BCUT2D eigenvalue weighted by Gasteiger charge is 2.77. The standard InChI is InChI=1S/C11H12F8O3/c1-3-4-22-7(21)6(20)5-9(13,14)10(15,16)8(2,12)11(17,18)19/h5,20H,3-4H2,1-2H3. The van der Waals surface area contributed by atoms with Gasteiger partial charge in [-0.15, -0.1) is 0 Å². The van der Waals surface area contributed by atoms with E-state index in [9.17, 15) is 39.9 Å². The first-order valence-corrected chi connectivity index (χ1v) is 5.72. The normalized spacial score (nSPS) is 17.1. The van der Waals surface area contributed by atoms with Crippen molar-refractivity contribution in [2.75, 3.05) is 6.61 Å². The maximum Gasteiger partial charge on any atom is 0.428 e. The van der Waals surface area contributed by atoms with E-state index >= 15 is 0 Å². The molecule has 130 valence electrons. The van der Waals surface area contributed by atoms with Crippen LogP contribution in [0.5, 0.6) is 0 Å². The quantitative estimate of drug-likeness (QED) is 0.344. The first kappa shape index (κ1) is 20.5. The molecule has 0 radical (unpaired) electrons. The van der Waals surface area contributed by atoms with Gasteiger partial charge in [0.05, 0.1) is 6.61 Å². The molecule has 0 aliphatic heterocycles. The summed E-state index contributed by atoms with van der Waals surface area (Å²) in [5.74, 6) is -16.0. The van der Waals surface area contributed by atoms with Gasteiger partial charge >= 0.3 is 24.0 Å². The van der Waals surface area contributed by atoms with Crippen LogP contribution in [0.25, 0.3) is 0 Å². The number of halogens is 8. The number of alkyl halides is 8. The first-order chi connectivity index (χ1) is 9.62. The Bertz CT molecular complexity index is 439. The van der Waals surface area contributed by atoms with Gasteiger partial charge in [0.2, 0.25) is 5.76 Å². The molecule has 1 unspecified atom stereocenters. The summed E-state index contributed by atoms with van der Waals surface area (Å²) in [6.07, 6.45) is -7.29. The number of esters is 1. The lowest BCUT2D eigenvalue weighted by Crippen LogP contribution is -2.61. The lowest BCUT2D eigenvalue weighted by molar-refractivity contribution is -0.337. The summed E-state index contributed by atoms with van der Waals surface area (Å²) in [6.45, 7) is 0.345. The van der Waals surface area contributed by atoms with E-state index in [0.29, 0.717) is 0 Å². The van der Waals surface area contributed by atoms with E-state index in [1.54, 1.807) is 0 Å². The summed E-state index contributed by atoms with van der Waals surface area (Å²) in [5, 5.41) is 8.88. The van der Waals surface area contributed by atoms with E-state index in [-0.39, 0.29) is 13.0 Å². The van der Waals surface area contributed by atoms with Crippen LogP contribution in [0.15, 0.2) is 11.8 Å². The van der Waals surface area contributed by atoms with E-state index in [1.807, 2.05) is 0 Å². The summed E-state index contributed by atoms with van der Waals surface area (Å²) in [5.41, 5.74) is -5.60. The average molecular weight is 344 g/mol. The van der Waals surface area contributed by atoms with Gasteiger partial charge in [-0.05, 0) is 13.3 Å². The van der Waals surface area contributed by atoms with E-state index in [4.69, 9.17) is 5.11 Å². The zero-order chi connectivity index (χ0) is 18.0. The third-order valence-electron chi connectivity index (χ3n) is 2.51. The molecule has 0 spiro atoms. The lowest BCUT2D eigenvalue weighted by Gasteiger charge is -2.35. The number of hydrogen-bond acceptors (Lipinski definition) is 3. The van der Waals surface area contributed by atoms with Crippen molar-refractivity contribution in [3.8, 4) is 0 Å². The van der Waals surface area contributed by atoms with Gasteiger partial charge in [0.15, 0.2) is 0 Å². The highest BCUT2D eigenvalue weighted by molar-refractivity contribution is 5.85. The largest absolute Gasteiger partial charge is 0.502 e. The van der Waals surface area contributed by atoms with Crippen LogP contribution < -0.4 is 0 Å². The van der Waals surface area contributed by atoms with Crippen molar-refractivity contribution in [3.05, 3.63) is 11.8 Å². The number of allylic oxidation sites excluding steroid dienone is 1. The Kier molecular flexibility index (Phi) is 5.84. The minimum absolute atomic E-state index is 0.197. The van der Waals surface area contributed by atoms with E-state index in [1.165, 1.54) is 6.92 Å². The van der Waals surface area contributed by atoms with Gasteiger partial charge in [-0.25, -0.2) is 9.18 Å². The van der Waals surface area contributed by atoms with Crippen LogP contribution >= 0.6 is 0 Å². The molecule has 0 saturated carbocycles. The number of carbonyl (C=O) groups excluding carboxylic acids is 1. The average Bonchev–Trinajstić information content (AvgIpc) is 2.33. The predicted molar refractivity (Wildman–Crippen MR) is 57.4 cm³/mol. The zero-order valence-corrected chi connectivity index (χ0v) is 11.3. The highest BCUT2D eigenvalue weighted by atomic mass is 19.4. The van der Waals surface area contributed by atoms with Gasteiger partial charge in [0.1, 0.15) is 0 Å². The molecule has 0 fully saturated rings. The lowest BCUT2D eigenvalue weighted by atomic mass is 9.93. The second kappa shape index (κ2) is 6.29. The van der Waals surface area contributed by atoms with Crippen LogP contribution in [-0.4, -0.2) is 41.4 Å². The van der Waals surface area contributed by atoms with E-state index in [0.717, 1.165) is 0 Å². The Morgan fingerprint density at radius 1 is 1.09 bits per heavy atom. The summed E-state index contributed by atoms with van der Waals surface area (Å²) < 4.78 is 107. The van der Waals surface area contributed by atoms with Gasteiger partial charge in [0.25, 0.3) is 5.67 Å². The predicted octanol–water partition coefficient (Wildman–Crippen LogP) is 3.94. The molecule has 22 heavy (non-hydrogen) atoms. The number of aliphatic hydroxyl groups is 1. The summed E-state index contributed by atoms with van der Waals surface area (Å²) in [7, 11) is 0. The first-order valence-electron chi connectivity index (χ1n) is 5.72. The molecule has 0 aromatic heterocycles. The van der Waals surface area contributed by atoms with E-state index < -0.39 is 48.4 Å². The van der Waals surface area contributed by atoms with Crippen LogP contribution in [0.3, 0.4) is 0 Å². The molecule has 1 N–H and O–H groups in total. The number of rotatable bonds is 6. The Labute approximate surface area is 119 Å². The van der Waals surface area contributed by atoms with Gasteiger partial charge < -0.3 is 9.84 Å². The maximum atomic E-state index is 13.2. The van der Waals surface area contributed by atoms with Crippen molar-refractivity contribution in [2.45, 2.75) is 44.0 Å². The Morgan fingerprint density at radius 2 is 1.55 bits per heavy atom. The molecule has 0 aromatic rings. The van der Waals surface area contributed by atoms with Crippen LogP contribution in [0, 0.1) is 0 Å². The van der Waals surface area contributed by atoms with Gasteiger partial charge in [0, 0.05) is 6.08 Å². The molecule has 0 rings (SSSR count). The van der Waals surface area contributed by atoms with Crippen LogP contribution in [0.1, 0.15) is 20.3 Å². The van der Waals surface area contributed by atoms with Gasteiger partial charge in [-0.3, -0.25) is 0 Å². The second-order valence-corrected chi connectivity index (χ2v) is 4.36. The molecule has 0 aromatic carbocycles. The molecule has 0 bridgehead atoms. The third kappa shape index (κ3) is 3.80. The Morgan fingerprint density at radius 3 is 1.91 bits per heavy atom. The number of carbonyl (C=O) groups is 1.